The first-order valence-corrected chi connectivity index (χ1v) is 10.0. The summed E-state index contributed by atoms with van der Waals surface area (Å²) in [4.78, 5) is 25.7. The van der Waals surface area contributed by atoms with Crippen molar-refractivity contribution >= 4 is 57.4 Å². The van der Waals surface area contributed by atoms with Gasteiger partial charge in [-0.05, 0) is 77.1 Å². The summed E-state index contributed by atoms with van der Waals surface area (Å²) in [5.74, 6) is 0.489. The van der Waals surface area contributed by atoms with E-state index in [-0.39, 0.29) is 16.9 Å². The largest absolute Gasteiger partial charge is 0.496 e. The topological polar surface area (TPSA) is 70.7 Å². The summed E-state index contributed by atoms with van der Waals surface area (Å²) in [5, 5.41) is 5.88. The molecule has 0 bridgehead atoms. The number of amides is 2. The lowest BCUT2D eigenvalue weighted by atomic mass is 10.1. The molecule has 0 atom stereocenters. The van der Waals surface area contributed by atoms with Gasteiger partial charge in [0.05, 0.1) is 10.7 Å². The van der Waals surface area contributed by atoms with Crippen LogP contribution in [-0.2, 0) is 11.2 Å². The normalized spacial score (nSPS) is 10.1. The van der Waals surface area contributed by atoms with Crippen LogP contribution in [0.25, 0.3) is 0 Å². The average Bonchev–Trinajstić information content (AvgIpc) is 2.66. The molecule has 2 aromatic carbocycles. The number of anilines is 1. The van der Waals surface area contributed by atoms with Crippen molar-refractivity contribution in [3.8, 4) is 5.75 Å². The van der Waals surface area contributed by atoms with Gasteiger partial charge in [-0.15, -0.1) is 0 Å². The highest BCUT2D eigenvalue weighted by Crippen LogP contribution is 2.21. The first-order valence-electron chi connectivity index (χ1n) is 8.55. The van der Waals surface area contributed by atoms with Crippen molar-refractivity contribution in [3.05, 3.63) is 57.2 Å². The Kier molecular flexibility index (Phi) is 8.18. The van der Waals surface area contributed by atoms with Gasteiger partial charge in [-0.2, -0.15) is 0 Å². The molecule has 28 heavy (non-hydrogen) atoms. The molecule has 2 aromatic rings. The molecule has 0 unspecified atom stereocenters. The molecule has 0 radical (unpaired) electrons. The number of carbonyl (C=O) groups excluding carboxylic acids is 2. The second-order valence-electron chi connectivity index (χ2n) is 6.25. The molecule has 0 aromatic heterocycles. The molecule has 2 amide bonds. The van der Waals surface area contributed by atoms with Gasteiger partial charge in [0.1, 0.15) is 5.75 Å². The number of rotatable bonds is 6. The first-order chi connectivity index (χ1) is 13.3. The second-order valence-corrected chi connectivity index (χ2v) is 7.82. The molecule has 0 heterocycles. The molecule has 0 aliphatic carbocycles. The van der Waals surface area contributed by atoms with Crippen molar-refractivity contribution in [3.63, 3.8) is 0 Å². The van der Waals surface area contributed by atoms with Gasteiger partial charge in [0, 0.05) is 31.8 Å². The predicted octanol–water partition coefficient (Wildman–Crippen LogP) is 3.45. The SMILES string of the molecule is COc1ccc(C(=O)NC(=S)Nc2cccc(CCC(=O)N(C)C)c2)cc1I. The maximum absolute atomic E-state index is 12.4. The number of nitrogens with zero attached hydrogens (tertiary/aromatic N) is 1. The number of hydrogen-bond acceptors (Lipinski definition) is 4. The van der Waals surface area contributed by atoms with E-state index in [1.165, 1.54) is 0 Å². The van der Waals surface area contributed by atoms with E-state index in [1.807, 2.05) is 24.3 Å². The van der Waals surface area contributed by atoms with Crippen LogP contribution < -0.4 is 15.4 Å². The molecule has 0 spiro atoms. The van der Waals surface area contributed by atoms with E-state index < -0.39 is 0 Å². The number of hydrogen-bond donors (Lipinski definition) is 2. The van der Waals surface area contributed by atoms with Crippen molar-refractivity contribution in [2.24, 2.45) is 0 Å². The number of ether oxygens (including phenoxy) is 1. The monoisotopic (exact) mass is 511 g/mol. The van der Waals surface area contributed by atoms with E-state index in [2.05, 4.69) is 33.2 Å². The third-order valence-corrected chi connectivity index (χ3v) is 5.00. The van der Waals surface area contributed by atoms with Gasteiger partial charge in [-0.25, -0.2) is 0 Å². The minimum atomic E-state index is -0.300. The van der Waals surface area contributed by atoms with Crippen molar-refractivity contribution in [2.45, 2.75) is 12.8 Å². The molecule has 2 rings (SSSR count). The fraction of sp³-hybridized carbons (Fsp3) is 0.250. The minimum absolute atomic E-state index is 0.0790. The fourth-order valence-electron chi connectivity index (χ4n) is 2.42. The van der Waals surface area contributed by atoms with Crippen LogP contribution >= 0.6 is 34.8 Å². The molecule has 148 valence electrons. The van der Waals surface area contributed by atoms with E-state index >= 15 is 0 Å². The smallest absolute Gasteiger partial charge is 0.257 e. The predicted molar refractivity (Wildman–Crippen MR) is 123 cm³/mol. The highest BCUT2D eigenvalue weighted by molar-refractivity contribution is 14.1. The highest BCUT2D eigenvalue weighted by atomic mass is 127. The van der Waals surface area contributed by atoms with Crippen LogP contribution in [0.1, 0.15) is 22.3 Å². The Labute approximate surface area is 183 Å². The van der Waals surface area contributed by atoms with E-state index in [1.54, 1.807) is 44.3 Å². The summed E-state index contributed by atoms with van der Waals surface area (Å²) in [6, 6.07) is 12.8. The number of methoxy groups -OCH3 is 1. The Morgan fingerprint density at radius 2 is 1.93 bits per heavy atom. The van der Waals surface area contributed by atoms with Gasteiger partial charge in [0.2, 0.25) is 5.91 Å². The molecule has 2 N–H and O–H groups in total. The van der Waals surface area contributed by atoms with Crippen LogP contribution in [0.15, 0.2) is 42.5 Å². The maximum atomic E-state index is 12.4. The van der Waals surface area contributed by atoms with Crippen LogP contribution in [0, 0.1) is 3.57 Å². The van der Waals surface area contributed by atoms with E-state index in [0.29, 0.717) is 24.2 Å². The van der Waals surface area contributed by atoms with Crippen molar-refractivity contribution in [1.82, 2.24) is 10.2 Å². The number of aryl methyl sites for hydroxylation is 1. The number of carbonyl (C=O) groups is 2. The van der Waals surface area contributed by atoms with Crippen LogP contribution in [0.3, 0.4) is 0 Å². The average molecular weight is 511 g/mol. The van der Waals surface area contributed by atoms with Crippen LogP contribution in [0.5, 0.6) is 5.75 Å². The van der Waals surface area contributed by atoms with Crippen LogP contribution in [-0.4, -0.2) is 43.0 Å². The zero-order valence-corrected chi connectivity index (χ0v) is 18.9. The quantitative estimate of drug-likeness (QED) is 0.460. The Morgan fingerprint density at radius 1 is 1.18 bits per heavy atom. The van der Waals surface area contributed by atoms with Gasteiger partial charge in [-0.3, -0.25) is 14.9 Å². The molecular formula is C20H22IN3O3S. The zero-order chi connectivity index (χ0) is 20.7. The zero-order valence-electron chi connectivity index (χ0n) is 15.9. The first kappa shape index (κ1) is 22.1. The minimum Gasteiger partial charge on any atom is -0.496 e. The summed E-state index contributed by atoms with van der Waals surface area (Å²) in [7, 11) is 5.07. The third kappa shape index (κ3) is 6.45. The lowest BCUT2D eigenvalue weighted by molar-refractivity contribution is -0.128. The van der Waals surface area contributed by atoms with Crippen LogP contribution in [0.2, 0.25) is 0 Å². The summed E-state index contributed by atoms with van der Waals surface area (Å²) >= 11 is 7.36. The van der Waals surface area contributed by atoms with Gasteiger partial charge < -0.3 is 15.0 Å². The maximum Gasteiger partial charge on any atom is 0.257 e. The summed E-state index contributed by atoms with van der Waals surface area (Å²) < 4.78 is 6.04. The molecule has 0 aliphatic heterocycles. The van der Waals surface area contributed by atoms with Crippen LogP contribution in [0.4, 0.5) is 5.69 Å². The molecular weight excluding hydrogens is 489 g/mol. The Balaban J connectivity index is 1.95. The molecule has 0 fully saturated rings. The lowest BCUT2D eigenvalue weighted by Crippen LogP contribution is -2.34. The summed E-state index contributed by atoms with van der Waals surface area (Å²) in [6.45, 7) is 0. The molecule has 0 saturated carbocycles. The molecule has 0 saturated heterocycles. The van der Waals surface area contributed by atoms with Gasteiger partial charge in [0.15, 0.2) is 5.11 Å². The number of halogens is 1. The second kappa shape index (κ2) is 10.4. The Hall–Kier alpha value is -2.20. The number of nitrogens with one attached hydrogen (secondary N) is 2. The number of thiocarbonyl (C=S) groups is 1. The molecule has 0 aliphatic rings. The van der Waals surface area contributed by atoms with Crippen molar-refractivity contribution in [1.29, 1.82) is 0 Å². The van der Waals surface area contributed by atoms with Gasteiger partial charge in [0.25, 0.3) is 5.91 Å². The highest BCUT2D eigenvalue weighted by Gasteiger charge is 2.11. The van der Waals surface area contributed by atoms with E-state index in [4.69, 9.17) is 17.0 Å². The Morgan fingerprint density at radius 3 is 2.57 bits per heavy atom. The number of benzene rings is 2. The third-order valence-electron chi connectivity index (χ3n) is 3.95. The Bertz CT molecular complexity index is 887. The van der Waals surface area contributed by atoms with Gasteiger partial charge in [-0.1, -0.05) is 12.1 Å². The van der Waals surface area contributed by atoms with Crippen molar-refractivity contribution in [2.75, 3.05) is 26.5 Å². The molecule has 6 nitrogen and oxygen atoms in total. The van der Waals surface area contributed by atoms with E-state index in [9.17, 15) is 9.59 Å². The summed E-state index contributed by atoms with van der Waals surface area (Å²) in [5.41, 5.74) is 2.26. The molecule has 8 heteroatoms. The van der Waals surface area contributed by atoms with Gasteiger partial charge >= 0.3 is 0 Å². The standard InChI is InChI=1S/C20H22IN3O3S/c1-24(2)18(25)10-7-13-5-4-6-15(11-13)22-20(28)23-19(26)14-8-9-17(27-3)16(21)12-14/h4-6,8-9,11-12H,7,10H2,1-3H3,(H2,22,23,26,28). The summed E-state index contributed by atoms with van der Waals surface area (Å²) in [6.07, 6.45) is 1.07. The van der Waals surface area contributed by atoms with E-state index in [0.717, 1.165) is 14.8 Å². The lowest BCUT2D eigenvalue weighted by Gasteiger charge is -2.12. The fourth-order valence-corrected chi connectivity index (χ4v) is 3.37. The van der Waals surface area contributed by atoms with Crippen molar-refractivity contribution < 1.29 is 14.3 Å².